The number of carbonyl (C=O) groups excluding carboxylic acids is 6. The number of H-pyrrole nitrogens is 1. The molecule has 1 aromatic heterocycles. The number of alkyl carbamates (subject to hydrolysis) is 1. The van der Waals surface area contributed by atoms with Crippen molar-refractivity contribution in [2.45, 2.75) is 141 Å². The van der Waals surface area contributed by atoms with Crippen LogP contribution < -0.4 is 40.8 Å². The number of ether oxygens (including phenoxy) is 2. The predicted molar refractivity (Wildman–Crippen MR) is 271 cm³/mol. The molecule has 3 aromatic carbocycles. The van der Waals surface area contributed by atoms with Crippen LogP contribution in [0.5, 0.6) is 11.5 Å². The van der Waals surface area contributed by atoms with E-state index >= 15 is 0 Å². The molecule has 0 fully saturated rings. The quantitative estimate of drug-likeness (QED) is 0.0251. The Hall–Kier alpha value is -7.20. The Kier molecular flexibility index (Phi) is 23.0. The summed E-state index contributed by atoms with van der Waals surface area (Å²) >= 11 is 0. The summed E-state index contributed by atoms with van der Waals surface area (Å²) in [6, 6.07) is 16.1. The summed E-state index contributed by atoms with van der Waals surface area (Å²) in [6.45, 7) is 8.33. The number of nitrogens with one attached hydrogen (secondary N) is 7. The van der Waals surface area contributed by atoms with Gasteiger partial charge in [-0.05, 0) is 87.9 Å². The molecule has 5 atom stereocenters. The molecule has 0 spiro atoms. The number of aliphatic carboxylic acids is 1. The number of carboxylic acids is 1. The van der Waals surface area contributed by atoms with Crippen LogP contribution in [0.1, 0.15) is 104 Å². The number of hydrogen-bond acceptors (Lipinski definition) is 12. The Labute approximate surface area is 425 Å². The molecule has 0 aliphatic carbocycles. The van der Waals surface area contributed by atoms with E-state index in [0.29, 0.717) is 49.0 Å². The summed E-state index contributed by atoms with van der Waals surface area (Å²) in [5.41, 5.74) is 0.947. The van der Waals surface area contributed by atoms with Crippen molar-refractivity contribution in [2.24, 2.45) is 0 Å². The highest BCUT2D eigenvalue weighted by molar-refractivity contribution is 7.81. The van der Waals surface area contributed by atoms with E-state index in [2.05, 4.69) is 41.1 Å². The number of carbonyl (C=O) groups is 7. The number of carboxylic acid groups (broad SMARTS) is 1. The van der Waals surface area contributed by atoms with Gasteiger partial charge in [0.05, 0.1) is 19.6 Å². The summed E-state index contributed by atoms with van der Waals surface area (Å²) in [6.07, 6.45) is 3.61. The van der Waals surface area contributed by atoms with Crippen LogP contribution in [-0.2, 0) is 56.7 Å². The monoisotopic (exact) mass is 1040 g/mol. The van der Waals surface area contributed by atoms with Crippen molar-refractivity contribution in [1.29, 1.82) is 0 Å². The summed E-state index contributed by atoms with van der Waals surface area (Å²) in [5.74, 6) is -4.26. The molecule has 4 aromatic rings. The van der Waals surface area contributed by atoms with Crippen LogP contribution in [0.15, 0.2) is 85.1 Å². The largest absolute Gasteiger partial charge is 0.494 e. The molecule has 0 aliphatic heterocycles. The van der Waals surface area contributed by atoms with Crippen molar-refractivity contribution in [2.75, 3.05) is 13.2 Å². The molecule has 1 heterocycles. The maximum absolute atomic E-state index is 14.3. The second-order valence-corrected chi connectivity index (χ2v) is 19.5. The topological polar surface area (TPSA) is 310 Å². The molecule has 398 valence electrons. The van der Waals surface area contributed by atoms with Crippen LogP contribution in [0, 0.1) is 0 Å². The van der Waals surface area contributed by atoms with Crippen LogP contribution in [-0.4, -0.2) is 114 Å². The average molecular weight is 1040 g/mol. The summed E-state index contributed by atoms with van der Waals surface area (Å²) < 4.78 is 47.0. The molecule has 6 amide bonds. The lowest BCUT2D eigenvalue weighted by Crippen LogP contribution is -2.57. The first-order chi connectivity index (χ1) is 34.6. The van der Waals surface area contributed by atoms with E-state index in [1.54, 1.807) is 39.1 Å². The van der Waals surface area contributed by atoms with Crippen LogP contribution >= 0.6 is 0 Å². The fourth-order valence-electron chi connectivity index (χ4n) is 7.64. The lowest BCUT2D eigenvalue weighted by molar-refractivity contribution is -0.138. The molecule has 0 aliphatic rings. The van der Waals surface area contributed by atoms with Gasteiger partial charge in [-0.15, -0.1) is 0 Å². The van der Waals surface area contributed by atoms with Crippen molar-refractivity contribution < 1.29 is 65.3 Å². The zero-order chi connectivity index (χ0) is 53.6. The molecule has 0 saturated heterocycles. The van der Waals surface area contributed by atoms with Crippen molar-refractivity contribution in [1.82, 2.24) is 36.9 Å². The molecule has 9 N–H and O–H groups in total. The molecule has 0 unspecified atom stereocenters. The minimum absolute atomic E-state index is 0.0296. The van der Waals surface area contributed by atoms with E-state index in [9.17, 15) is 47.1 Å². The van der Waals surface area contributed by atoms with E-state index in [1.165, 1.54) is 24.3 Å². The van der Waals surface area contributed by atoms with Crippen molar-refractivity contribution in [3.8, 4) is 11.5 Å². The van der Waals surface area contributed by atoms with Gasteiger partial charge in [0.25, 0.3) is 0 Å². The van der Waals surface area contributed by atoms with Crippen LogP contribution in [0.2, 0.25) is 0 Å². The minimum atomic E-state index is -4.80. The summed E-state index contributed by atoms with van der Waals surface area (Å²) in [7, 11) is -4.80. The van der Waals surface area contributed by atoms with Gasteiger partial charge in [0.2, 0.25) is 29.5 Å². The fraction of sp³-hybridized carbons (Fsp3) is 0.471. The number of aromatic amines is 1. The molecule has 0 saturated carbocycles. The standard InChI is InChI=1S/C51H69N7O14S/c1-6-8-20-40(56-48(64)42(58-50(66)71-51(3,4)5)28-33-23-25-37(26-24-33)72-73(67,68)69)46(62)53-32-44(59)55-43(29-34-31-52-39-22-14-13-19-38(34)39)49(65)57-41(21-9-7-2)47(63)54-35(30-45(60)61)16-15-27-70-36-17-11-10-12-18-36/h10-14,17-19,22-26,31,35,40-43,52H,6-9,15-16,20-21,27-30,32H2,1-5H3,(H,53,62)(H,54,63)(H,55,59)(H,56,64)(H,57,65)(H,58,66)(H,60,61)(H,67,68,69)/t35-,40+,41+,42+,43-/m1/s1. The third-order valence-corrected chi connectivity index (χ3v) is 11.6. The van der Waals surface area contributed by atoms with Gasteiger partial charge in [-0.3, -0.25) is 33.3 Å². The van der Waals surface area contributed by atoms with Gasteiger partial charge >= 0.3 is 22.5 Å². The smallest absolute Gasteiger partial charge is 0.446 e. The molecular formula is C51H69N7O14S. The van der Waals surface area contributed by atoms with Crippen LogP contribution in [0.4, 0.5) is 4.79 Å². The van der Waals surface area contributed by atoms with Gasteiger partial charge in [0.1, 0.15) is 41.3 Å². The van der Waals surface area contributed by atoms with E-state index in [0.717, 1.165) is 10.9 Å². The van der Waals surface area contributed by atoms with Gasteiger partial charge < -0.3 is 55.6 Å². The summed E-state index contributed by atoms with van der Waals surface area (Å²) in [4.78, 5) is 97.6. The Morgan fingerprint density at radius 2 is 1.25 bits per heavy atom. The Balaban J connectivity index is 1.49. The van der Waals surface area contributed by atoms with E-state index in [1.807, 2.05) is 56.3 Å². The fourth-order valence-corrected chi connectivity index (χ4v) is 7.99. The van der Waals surface area contributed by atoms with Gasteiger partial charge in [0, 0.05) is 36.0 Å². The molecular weight excluding hydrogens is 967 g/mol. The van der Waals surface area contributed by atoms with E-state index in [4.69, 9.17) is 14.0 Å². The molecule has 0 radical (unpaired) electrons. The first-order valence-corrected chi connectivity index (χ1v) is 25.7. The highest BCUT2D eigenvalue weighted by atomic mass is 32.3. The number of aromatic nitrogens is 1. The second-order valence-electron chi connectivity index (χ2n) is 18.5. The molecule has 0 bridgehead atoms. The molecule has 4 rings (SSSR count). The zero-order valence-corrected chi connectivity index (χ0v) is 42.7. The number of para-hydroxylation sites is 2. The Bertz CT molecular complexity index is 2570. The third kappa shape index (κ3) is 21.6. The van der Waals surface area contributed by atoms with Crippen molar-refractivity contribution in [3.05, 3.63) is 96.2 Å². The molecule has 73 heavy (non-hydrogen) atoms. The number of unbranched alkanes of at least 4 members (excludes halogenated alkanes) is 2. The van der Waals surface area contributed by atoms with Gasteiger partial charge in [-0.2, -0.15) is 8.42 Å². The number of hydrogen-bond donors (Lipinski definition) is 9. The van der Waals surface area contributed by atoms with Gasteiger partial charge in [0.15, 0.2) is 0 Å². The van der Waals surface area contributed by atoms with E-state index in [-0.39, 0.29) is 50.9 Å². The lowest BCUT2D eigenvalue weighted by atomic mass is 10.0. The normalized spacial score (nSPS) is 13.5. The Morgan fingerprint density at radius 1 is 0.658 bits per heavy atom. The molecule has 21 nitrogen and oxygen atoms in total. The third-order valence-electron chi connectivity index (χ3n) is 11.2. The van der Waals surface area contributed by atoms with Crippen LogP contribution in [0.25, 0.3) is 10.9 Å². The summed E-state index contributed by atoms with van der Waals surface area (Å²) in [5, 5.41) is 26.5. The minimum Gasteiger partial charge on any atom is -0.494 e. The predicted octanol–water partition coefficient (Wildman–Crippen LogP) is 4.80. The van der Waals surface area contributed by atoms with Crippen molar-refractivity contribution >= 4 is 62.9 Å². The van der Waals surface area contributed by atoms with E-state index < -0.39 is 94.4 Å². The number of benzene rings is 3. The first kappa shape index (κ1) is 58.4. The SMILES string of the molecule is CCCC[C@H](NC(=O)[C@H](Cc1ccc(OS(=O)(=O)O)cc1)NC(=O)OC(C)(C)C)C(=O)NCC(=O)N[C@H](Cc1c[nH]c2ccccc12)C(=O)N[C@@H](CCCC)C(=O)N[C@H](CCCOc1ccccc1)CC(=O)O. The highest BCUT2D eigenvalue weighted by Crippen LogP contribution is 2.20. The van der Waals surface area contributed by atoms with Gasteiger partial charge in [-0.25, -0.2) is 4.79 Å². The van der Waals surface area contributed by atoms with Gasteiger partial charge in [-0.1, -0.05) is 88.1 Å². The maximum atomic E-state index is 14.3. The molecule has 22 heteroatoms. The zero-order valence-electron chi connectivity index (χ0n) is 41.9. The maximum Gasteiger partial charge on any atom is 0.446 e. The first-order valence-electron chi connectivity index (χ1n) is 24.3. The average Bonchev–Trinajstić information content (AvgIpc) is 3.73. The van der Waals surface area contributed by atoms with Crippen LogP contribution in [0.3, 0.4) is 0 Å². The number of amides is 6. The second kappa shape index (κ2) is 28.7. The lowest BCUT2D eigenvalue weighted by Gasteiger charge is -2.26. The highest BCUT2D eigenvalue weighted by Gasteiger charge is 2.32. The Morgan fingerprint density at radius 3 is 1.85 bits per heavy atom. The van der Waals surface area contributed by atoms with Crippen molar-refractivity contribution in [3.63, 3.8) is 0 Å². The number of fused-ring (bicyclic) bond motifs is 1. The number of rotatable bonds is 30.